The normalized spacial score (nSPS) is 19.7. The Labute approximate surface area is 469 Å². The van der Waals surface area contributed by atoms with Gasteiger partial charge in [-0.05, 0) is 67.2 Å². The first-order valence-electron chi connectivity index (χ1n) is 26.9. The molecule has 81 heavy (non-hydrogen) atoms. The van der Waals surface area contributed by atoms with Crippen molar-refractivity contribution < 1.29 is 68.1 Å². The van der Waals surface area contributed by atoms with Gasteiger partial charge in [0.25, 0.3) is 0 Å². The standard InChI is InChI=1S/C55H78N12O14/c1-6-32(4)45(65-42(70)29-67-30-55(28-44(73)74)23-11-10-16-41(69)60-39(26-33-13-8-7-9-14-33)51(79)66-46(55)53(67)81)52(80)64-40(27-34-17-19-35(68)20-18-34)50(78)61-36(15-12-24-59-54(56)57)48(76)63-38(25-31(2)3)49(77)62-37(47(75)58-5)21-22-43(71)72/h7-9,11,13-14,17-20,23,31-32,36-40,45-46,68H,6,10,12,15-16,21-22,24-30H2,1-5H3,(H,58,75)(H,60,69)(H,61,78)(H,62,77)(H,63,76)(H,64,80)(H,65,70)(H,66,79)(H,71,72)(H,73,74)(H4,56,57,59)/b23-11-/t32?,36-,37-,38-,39-,40-,45-,46+,55?/m0/s1. The van der Waals surface area contributed by atoms with Gasteiger partial charge in [0, 0.05) is 51.2 Å². The van der Waals surface area contributed by atoms with Crippen molar-refractivity contribution in [3.05, 3.63) is 77.9 Å². The average Bonchev–Trinajstić information content (AvgIpc) is 3.69. The monoisotopic (exact) mass is 1130 g/mol. The lowest BCUT2D eigenvalue weighted by Crippen LogP contribution is -2.60. The molecule has 9 amide bonds. The molecule has 2 aromatic rings. The molecule has 1 saturated heterocycles. The van der Waals surface area contributed by atoms with Crippen molar-refractivity contribution >= 4 is 71.1 Å². The lowest BCUT2D eigenvalue weighted by molar-refractivity contribution is -0.140. The van der Waals surface area contributed by atoms with Crippen LogP contribution in [-0.4, -0.2) is 160 Å². The number of nitrogens with one attached hydrogen (secondary N) is 8. The van der Waals surface area contributed by atoms with Gasteiger partial charge in [-0.15, -0.1) is 0 Å². The van der Waals surface area contributed by atoms with E-state index < -0.39 is 138 Å². The zero-order chi connectivity index (χ0) is 60.0. The SMILES string of the molecule is CCC(C)[C@H](NC(=O)CN1CC2(CC(=O)O)/C=C\CCC(=O)N[C@@H](Cc3ccccc3)C(=O)N[C@@H]2C1=O)C(=O)N[C@@H](Cc1ccc(O)cc1)C(=O)N[C@@H](CCCN=C(N)N)C(=O)N[C@@H](CC(C)C)C(=O)N[C@@H](CCC(=O)O)C(=O)NC. The van der Waals surface area contributed by atoms with Crippen LogP contribution in [0.1, 0.15) is 96.6 Å². The molecule has 1 fully saturated rings. The Morgan fingerprint density at radius 1 is 0.765 bits per heavy atom. The summed E-state index contributed by atoms with van der Waals surface area (Å²) >= 11 is 0. The van der Waals surface area contributed by atoms with Gasteiger partial charge in [0.1, 0.15) is 48.0 Å². The predicted molar refractivity (Wildman–Crippen MR) is 295 cm³/mol. The number of hydrogen-bond donors (Lipinski definition) is 13. The molecule has 26 nitrogen and oxygen atoms in total. The Morgan fingerprint density at radius 3 is 1.99 bits per heavy atom. The van der Waals surface area contributed by atoms with E-state index in [0.29, 0.717) is 17.5 Å². The largest absolute Gasteiger partial charge is 0.508 e. The molecule has 9 atom stereocenters. The van der Waals surface area contributed by atoms with E-state index in [1.807, 2.05) is 0 Å². The fraction of sp³-hybridized carbons (Fsp3) is 0.527. The number of phenols is 1. The van der Waals surface area contributed by atoms with Crippen LogP contribution >= 0.6 is 0 Å². The summed E-state index contributed by atoms with van der Waals surface area (Å²) in [5, 5.41) is 50.5. The Bertz CT molecular complexity index is 2630. The highest BCUT2D eigenvalue weighted by molar-refractivity contribution is 5.99. The van der Waals surface area contributed by atoms with Gasteiger partial charge in [0.05, 0.1) is 13.0 Å². The predicted octanol–water partition coefficient (Wildman–Crippen LogP) is -1.02. The third-order valence-corrected chi connectivity index (χ3v) is 13.9. The molecule has 4 rings (SSSR count). The number of carboxylic acid groups (broad SMARTS) is 2. The second kappa shape index (κ2) is 31.3. The maximum atomic E-state index is 14.6. The smallest absolute Gasteiger partial charge is 0.304 e. The molecule has 442 valence electrons. The van der Waals surface area contributed by atoms with E-state index in [1.165, 1.54) is 37.4 Å². The van der Waals surface area contributed by atoms with Crippen LogP contribution < -0.4 is 54.0 Å². The number of likely N-dealkylation sites (N-methyl/N-ethyl adjacent to an activating group) is 1. The van der Waals surface area contributed by atoms with Crippen molar-refractivity contribution in [3.63, 3.8) is 0 Å². The first kappa shape index (κ1) is 64.9. The molecule has 2 heterocycles. The van der Waals surface area contributed by atoms with E-state index in [-0.39, 0.29) is 82.1 Å². The number of hydrogen-bond acceptors (Lipinski definition) is 13. The molecular formula is C55H78N12O14. The Hall–Kier alpha value is -8.58. The minimum absolute atomic E-state index is 0.0175. The molecule has 0 radical (unpaired) electrons. The first-order chi connectivity index (χ1) is 38.3. The van der Waals surface area contributed by atoms with Crippen molar-refractivity contribution in [1.82, 2.24) is 47.4 Å². The van der Waals surface area contributed by atoms with Gasteiger partial charge in [-0.25, -0.2) is 0 Å². The summed E-state index contributed by atoms with van der Waals surface area (Å²) < 4.78 is 0. The molecule has 15 N–H and O–H groups in total. The lowest BCUT2D eigenvalue weighted by Gasteiger charge is -2.30. The highest BCUT2D eigenvalue weighted by Crippen LogP contribution is 2.38. The van der Waals surface area contributed by atoms with Crippen molar-refractivity contribution in [3.8, 4) is 5.75 Å². The highest BCUT2D eigenvalue weighted by Gasteiger charge is 2.53. The van der Waals surface area contributed by atoms with E-state index in [4.69, 9.17) is 11.5 Å². The van der Waals surface area contributed by atoms with E-state index >= 15 is 0 Å². The minimum Gasteiger partial charge on any atom is -0.508 e. The van der Waals surface area contributed by atoms with Crippen LogP contribution in [0.25, 0.3) is 0 Å². The minimum atomic E-state index is -1.58. The Kier molecular flexibility index (Phi) is 25.1. The summed E-state index contributed by atoms with van der Waals surface area (Å²) in [4.78, 5) is 154. The highest BCUT2D eigenvalue weighted by atomic mass is 16.4. The summed E-state index contributed by atoms with van der Waals surface area (Å²) in [6, 6.07) is 5.10. The van der Waals surface area contributed by atoms with Crippen LogP contribution in [-0.2, 0) is 65.6 Å². The quantitative estimate of drug-likeness (QED) is 0.0201. The molecule has 0 aromatic heterocycles. The molecule has 0 aliphatic carbocycles. The third kappa shape index (κ3) is 20.5. The molecule has 0 spiro atoms. The number of nitrogens with zero attached hydrogens (tertiary/aromatic N) is 2. The number of allylic oxidation sites excluding steroid dienone is 1. The van der Waals surface area contributed by atoms with E-state index in [1.54, 1.807) is 64.1 Å². The zero-order valence-electron chi connectivity index (χ0n) is 46.3. The number of nitrogens with two attached hydrogens (primary N) is 2. The summed E-state index contributed by atoms with van der Waals surface area (Å²) in [6.45, 7) is 5.94. The van der Waals surface area contributed by atoms with Crippen LogP contribution in [0.2, 0.25) is 0 Å². The number of carbonyl (C=O) groups excluding carboxylic acids is 9. The number of phenolic OH excluding ortho intramolecular Hbond substituents is 1. The second-order valence-electron chi connectivity index (χ2n) is 20.9. The maximum Gasteiger partial charge on any atom is 0.304 e. The second-order valence-corrected chi connectivity index (χ2v) is 20.9. The van der Waals surface area contributed by atoms with Gasteiger partial charge < -0.3 is 74.2 Å². The van der Waals surface area contributed by atoms with Crippen LogP contribution in [0.3, 0.4) is 0 Å². The number of rotatable bonds is 29. The van der Waals surface area contributed by atoms with E-state index in [0.717, 1.165) is 4.90 Å². The van der Waals surface area contributed by atoms with Gasteiger partial charge >= 0.3 is 11.9 Å². The maximum absolute atomic E-state index is 14.6. The number of aliphatic imine (C=N–C) groups is 1. The van der Waals surface area contributed by atoms with Gasteiger partial charge in [-0.3, -0.25) is 57.7 Å². The Morgan fingerprint density at radius 2 is 1.38 bits per heavy atom. The van der Waals surface area contributed by atoms with E-state index in [9.17, 15) is 68.1 Å². The average molecular weight is 1130 g/mol. The lowest BCUT2D eigenvalue weighted by atomic mass is 9.78. The van der Waals surface area contributed by atoms with Crippen molar-refractivity contribution in [2.45, 2.75) is 141 Å². The fourth-order valence-corrected chi connectivity index (χ4v) is 9.48. The van der Waals surface area contributed by atoms with Gasteiger partial charge in [-0.1, -0.05) is 88.7 Å². The Balaban J connectivity index is 1.63. The van der Waals surface area contributed by atoms with Gasteiger partial charge in [0.2, 0.25) is 53.2 Å². The van der Waals surface area contributed by atoms with Crippen molar-refractivity contribution in [1.29, 1.82) is 0 Å². The zero-order valence-corrected chi connectivity index (χ0v) is 46.3. The van der Waals surface area contributed by atoms with Crippen LogP contribution in [0, 0.1) is 17.3 Å². The first-order valence-corrected chi connectivity index (χ1v) is 26.9. The molecule has 2 aromatic carbocycles. The summed E-state index contributed by atoms with van der Waals surface area (Å²) in [7, 11) is 1.31. The number of aliphatic carboxylic acids is 2. The molecule has 0 saturated carbocycles. The number of carbonyl (C=O) groups is 11. The number of benzene rings is 2. The fourth-order valence-electron chi connectivity index (χ4n) is 9.48. The number of aromatic hydroxyl groups is 1. The molecule has 2 aliphatic rings. The summed E-state index contributed by atoms with van der Waals surface area (Å²) in [5.41, 5.74) is 10.6. The number of amides is 9. The molecule has 2 aliphatic heterocycles. The number of fused-ring (bicyclic) bond motifs is 1. The summed E-state index contributed by atoms with van der Waals surface area (Å²) in [6.07, 6.45) is 2.00. The molecule has 26 heteroatoms. The molecule has 2 unspecified atom stereocenters. The van der Waals surface area contributed by atoms with E-state index in [2.05, 4.69) is 47.5 Å². The number of carboxylic acids is 2. The third-order valence-electron chi connectivity index (χ3n) is 13.9. The van der Waals surface area contributed by atoms with Crippen molar-refractivity contribution in [2.24, 2.45) is 33.7 Å². The molecule has 0 bridgehead atoms. The van der Waals surface area contributed by atoms with Gasteiger partial charge in [0.15, 0.2) is 5.96 Å². The number of likely N-dealkylation sites (tertiary alicyclic amines) is 1. The summed E-state index contributed by atoms with van der Waals surface area (Å²) in [5.74, 6) is -10.6. The molecular weight excluding hydrogens is 1050 g/mol. The number of guanidine groups is 1. The topological polar surface area (TPSA) is 412 Å². The van der Waals surface area contributed by atoms with Crippen LogP contribution in [0.4, 0.5) is 0 Å². The van der Waals surface area contributed by atoms with Crippen molar-refractivity contribution in [2.75, 3.05) is 26.7 Å². The van der Waals surface area contributed by atoms with Gasteiger partial charge in [-0.2, -0.15) is 0 Å². The van der Waals surface area contributed by atoms with Crippen LogP contribution in [0.15, 0.2) is 71.7 Å². The van der Waals surface area contributed by atoms with Crippen LogP contribution in [0.5, 0.6) is 5.75 Å².